The van der Waals surface area contributed by atoms with Crippen LogP contribution in [0.25, 0.3) is 0 Å². The van der Waals surface area contributed by atoms with Crippen molar-refractivity contribution in [2.75, 3.05) is 30.5 Å². The van der Waals surface area contributed by atoms with Crippen LogP contribution in [-0.2, 0) is 20.7 Å². The number of benzene rings is 4. The predicted molar refractivity (Wildman–Crippen MR) is 165 cm³/mol. The van der Waals surface area contributed by atoms with E-state index in [1.165, 1.54) is 18.1 Å². The van der Waals surface area contributed by atoms with Gasteiger partial charge in [0, 0.05) is 29.7 Å². The lowest BCUT2D eigenvalue weighted by molar-refractivity contribution is -0.141. The molecule has 43 heavy (non-hydrogen) atoms. The molecule has 4 aromatic carbocycles. The van der Waals surface area contributed by atoms with Crippen LogP contribution in [0.15, 0.2) is 103 Å². The average molecular weight is 583 g/mol. The molecule has 1 N–H and O–H groups in total. The summed E-state index contributed by atoms with van der Waals surface area (Å²) in [7, 11) is 1.32. The van der Waals surface area contributed by atoms with Crippen molar-refractivity contribution in [2.45, 2.75) is 32.2 Å². The monoisotopic (exact) mass is 582 g/mol. The number of hydrogen-bond acceptors (Lipinski definition) is 6. The van der Waals surface area contributed by atoms with Gasteiger partial charge >= 0.3 is 5.97 Å². The topological polar surface area (TPSA) is 84.9 Å². The van der Waals surface area contributed by atoms with E-state index in [0.717, 1.165) is 5.56 Å². The van der Waals surface area contributed by atoms with Crippen LogP contribution in [0, 0.1) is 5.82 Å². The standard InChI is InChI=1S/C35H35FN2O5/c1-3-11-33(39)38(32-17-10-8-15-29(32)36)22-23-43-27-20-18-25(19-21-27)24-31(35(41)42-2)37-30-16-9-7-14-28(30)34(40)26-12-5-4-6-13-26/h4-10,12-21,31,37H,3,11,22-24H2,1-2H3/t31-/m0/s1. The highest BCUT2D eigenvalue weighted by Crippen LogP contribution is 2.23. The molecule has 4 rings (SSSR count). The molecule has 8 heteroatoms. The summed E-state index contributed by atoms with van der Waals surface area (Å²) in [6, 6.07) is 28.7. The number of anilines is 2. The number of amides is 1. The first-order valence-corrected chi connectivity index (χ1v) is 14.2. The molecular weight excluding hydrogens is 547 g/mol. The number of nitrogens with zero attached hydrogens (tertiary/aromatic N) is 1. The maximum absolute atomic E-state index is 14.4. The molecule has 0 aliphatic carbocycles. The first-order valence-electron chi connectivity index (χ1n) is 14.2. The Morgan fingerprint density at radius 3 is 2.23 bits per heavy atom. The lowest BCUT2D eigenvalue weighted by atomic mass is 10.00. The summed E-state index contributed by atoms with van der Waals surface area (Å²) < 4.78 is 25.3. The molecule has 0 aliphatic heterocycles. The van der Waals surface area contributed by atoms with Crippen molar-refractivity contribution in [1.82, 2.24) is 0 Å². The number of para-hydroxylation sites is 2. The Hall–Kier alpha value is -4.98. The number of esters is 1. The molecule has 0 heterocycles. The van der Waals surface area contributed by atoms with Crippen LogP contribution >= 0.6 is 0 Å². The average Bonchev–Trinajstić information content (AvgIpc) is 3.04. The third-order valence-corrected chi connectivity index (χ3v) is 6.88. The maximum atomic E-state index is 14.4. The Morgan fingerprint density at radius 2 is 1.53 bits per heavy atom. The van der Waals surface area contributed by atoms with Gasteiger partial charge in [0.25, 0.3) is 0 Å². The zero-order chi connectivity index (χ0) is 30.6. The van der Waals surface area contributed by atoms with Crippen LogP contribution < -0.4 is 15.0 Å². The van der Waals surface area contributed by atoms with Crippen LogP contribution in [0.5, 0.6) is 5.75 Å². The minimum absolute atomic E-state index is 0.154. The number of methoxy groups -OCH3 is 1. The molecule has 0 saturated carbocycles. The molecule has 0 spiro atoms. The number of rotatable bonds is 14. The van der Waals surface area contributed by atoms with Crippen molar-refractivity contribution in [3.8, 4) is 5.75 Å². The summed E-state index contributed by atoms with van der Waals surface area (Å²) in [5, 5.41) is 3.21. The molecule has 222 valence electrons. The maximum Gasteiger partial charge on any atom is 0.328 e. The summed E-state index contributed by atoms with van der Waals surface area (Å²) in [5.74, 6) is -0.676. The summed E-state index contributed by atoms with van der Waals surface area (Å²) in [4.78, 5) is 40.0. The first-order chi connectivity index (χ1) is 20.9. The smallest absolute Gasteiger partial charge is 0.328 e. The number of ketones is 1. The van der Waals surface area contributed by atoms with E-state index in [0.29, 0.717) is 41.8 Å². The number of ether oxygens (including phenoxy) is 2. The molecule has 0 saturated heterocycles. The van der Waals surface area contributed by atoms with E-state index in [1.54, 1.807) is 78.9 Å². The van der Waals surface area contributed by atoms with Gasteiger partial charge in [0.1, 0.15) is 24.2 Å². The number of carbonyl (C=O) groups is 3. The minimum atomic E-state index is -0.750. The normalized spacial score (nSPS) is 11.3. The van der Waals surface area contributed by atoms with Gasteiger partial charge in [-0.2, -0.15) is 0 Å². The third-order valence-electron chi connectivity index (χ3n) is 6.88. The van der Waals surface area contributed by atoms with E-state index in [1.807, 2.05) is 25.1 Å². The predicted octanol–water partition coefficient (Wildman–Crippen LogP) is 6.47. The molecule has 7 nitrogen and oxygen atoms in total. The molecule has 0 bridgehead atoms. The summed E-state index contributed by atoms with van der Waals surface area (Å²) >= 11 is 0. The van der Waals surface area contributed by atoms with Crippen molar-refractivity contribution in [3.63, 3.8) is 0 Å². The summed E-state index contributed by atoms with van der Waals surface area (Å²) in [6.45, 7) is 2.26. The van der Waals surface area contributed by atoms with E-state index in [4.69, 9.17) is 9.47 Å². The molecule has 0 unspecified atom stereocenters. The molecule has 1 amide bonds. The van der Waals surface area contributed by atoms with E-state index in [9.17, 15) is 18.8 Å². The van der Waals surface area contributed by atoms with Crippen molar-refractivity contribution < 1.29 is 28.2 Å². The fourth-order valence-corrected chi connectivity index (χ4v) is 4.69. The highest BCUT2D eigenvalue weighted by Gasteiger charge is 2.23. The Bertz CT molecular complexity index is 1530. The van der Waals surface area contributed by atoms with Crippen LogP contribution in [0.3, 0.4) is 0 Å². The van der Waals surface area contributed by atoms with Crippen LogP contribution in [0.4, 0.5) is 15.8 Å². The highest BCUT2D eigenvalue weighted by atomic mass is 19.1. The second-order valence-corrected chi connectivity index (χ2v) is 9.90. The lowest BCUT2D eigenvalue weighted by Crippen LogP contribution is -2.35. The minimum Gasteiger partial charge on any atom is -0.492 e. The van der Waals surface area contributed by atoms with Gasteiger partial charge in [0.15, 0.2) is 5.78 Å². The van der Waals surface area contributed by atoms with Gasteiger partial charge in [-0.3, -0.25) is 9.59 Å². The van der Waals surface area contributed by atoms with E-state index in [2.05, 4.69) is 5.32 Å². The van der Waals surface area contributed by atoms with E-state index >= 15 is 0 Å². The van der Waals surface area contributed by atoms with Gasteiger partial charge in [-0.1, -0.05) is 73.7 Å². The van der Waals surface area contributed by atoms with Gasteiger partial charge in [-0.15, -0.1) is 0 Å². The van der Waals surface area contributed by atoms with Crippen molar-refractivity contribution >= 4 is 29.0 Å². The van der Waals surface area contributed by atoms with Crippen LogP contribution in [0.1, 0.15) is 41.3 Å². The van der Waals surface area contributed by atoms with Gasteiger partial charge in [0.05, 0.1) is 19.3 Å². The summed E-state index contributed by atoms with van der Waals surface area (Å²) in [6.07, 6.45) is 1.26. The molecule has 0 aromatic heterocycles. The number of nitrogens with one attached hydrogen (secondary N) is 1. The van der Waals surface area contributed by atoms with Gasteiger partial charge in [-0.05, 0) is 48.4 Å². The van der Waals surface area contributed by atoms with E-state index < -0.39 is 17.8 Å². The fraction of sp³-hybridized carbons (Fsp3) is 0.229. The SMILES string of the molecule is CCCC(=O)N(CCOc1ccc(C[C@H](Nc2ccccc2C(=O)c2ccccc2)C(=O)OC)cc1)c1ccccc1F. The molecule has 0 fully saturated rings. The van der Waals surface area contributed by atoms with Crippen molar-refractivity contribution in [1.29, 1.82) is 0 Å². The zero-order valence-electron chi connectivity index (χ0n) is 24.3. The molecular formula is C35H35FN2O5. The molecule has 4 aromatic rings. The number of halogens is 1. The lowest BCUT2D eigenvalue weighted by Gasteiger charge is -2.23. The molecule has 0 radical (unpaired) electrons. The Labute approximate surface area is 251 Å². The fourth-order valence-electron chi connectivity index (χ4n) is 4.69. The Kier molecular flexibility index (Phi) is 11.0. The van der Waals surface area contributed by atoms with Crippen molar-refractivity contribution in [3.05, 3.63) is 126 Å². The van der Waals surface area contributed by atoms with Crippen LogP contribution in [-0.4, -0.2) is 44.0 Å². The Balaban J connectivity index is 1.42. The largest absolute Gasteiger partial charge is 0.492 e. The van der Waals surface area contributed by atoms with Gasteiger partial charge < -0.3 is 19.7 Å². The Morgan fingerprint density at radius 1 is 0.860 bits per heavy atom. The van der Waals surface area contributed by atoms with Crippen LogP contribution in [0.2, 0.25) is 0 Å². The van der Waals surface area contributed by atoms with Gasteiger partial charge in [-0.25, -0.2) is 9.18 Å². The number of hydrogen-bond donors (Lipinski definition) is 1. The second-order valence-electron chi connectivity index (χ2n) is 9.90. The quantitative estimate of drug-likeness (QED) is 0.136. The summed E-state index contributed by atoms with van der Waals surface area (Å²) in [5.41, 5.74) is 2.60. The highest BCUT2D eigenvalue weighted by molar-refractivity contribution is 6.12. The van der Waals surface area contributed by atoms with Gasteiger partial charge in [0.2, 0.25) is 5.91 Å². The zero-order valence-corrected chi connectivity index (χ0v) is 24.3. The second kappa shape index (κ2) is 15.3. The molecule has 1 atom stereocenters. The molecule has 0 aliphatic rings. The third kappa shape index (κ3) is 8.29. The first kappa shape index (κ1) is 31.0. The van der Waals surface area contributed by atoms with E-state index in [-0.39, 0.29) is 30.5 Å². The number of carbonyl (C=O) groups excluding carboxylic acids is 3. The van der Waals surface area contributed by atoms with Crippen molar-refractivity contribution in [2.24, 2.45) is 0 Å².